The molecule has 3 rings (SSSR count). The third-order valence-corrected chi connectivity index (χ3v) is 9.75. The van der Waals surface area contributed by atoms with Crippen molar-refractivity contribution >= 4 is 41.8 Å². The van der Waals surface area contributed by atoms with E-state index in [1.54, 1.807) is 25.7 Å². The van der Waals surface area contributed by atoms with Gasteiger partial charge in [0.05, 0.1) is 0 Å². The van der Waals surface area contributed by atoms with E-state index in [9.17, 15) is 33.6 Å². The number of hydrogen-bond donors (Lipinski definition) is 8. The summed E-state index contributed by atoms with van der Waals surface area (Å²) in [4.78, 5) is 94.2. The lowest BCUT2D eigenvalue weighted by Gasteiger charge is -2.35. The maximum atomic E-state index is 14.3. The van der Waals surface area contributed by atoms with Crippen molar-refractivity contribution in [2.24, 2.45) is 11.7 Å². The van der Waals surface area contributed by atoms with Crippen LogP contribution in [-0.2, 0) is 36.8 Å². The summed E-state index contributed by atoms with van der Waals surface area (Å²) in [5.74, 6) is -2.18. The van der Waals surface area contributed by atoms with Crippen molar-refractivity contribution in [3.63, 3.8) is 0 Å². The number of amides is 9. The largest absolute Gasteiger partial charge is 0.444 e. The number of hydrogen-bond acceptors (Lipinski definition) is 8. The molecule has 17 heteroatoms. The van der Waals surface area contributed by atoms with E-state index in [2.05, 4.69) is 37.2 Å². The zero-order chi connectivity index (χ0) is 44.2. The topological polar surface area (TPSA) is 242 Å². The molecular formula is C43H65N9O8. The van der Waals surface area contributed by atoms with E-state index in [1.807, 2.05) is 74.5 Å². The number of rotatable bonds is 20. The standard InChI is InChI=1S/C43H65N9O8/c1-28(2)25-33(36(53)48-32(19-13-14-22-46-40(44)57)39(56)52-23-20-31(21-24-52)47-41(58)45-6)49-37(54)34(26-29-15-9-7-10-16-29)50-38(55)35(27-30-17-11-8-12-18-30)51-42(59)60-43(3,4)5/h7-12,15-18,28,31-35H,13-14,19-27H2,1-6H3,(H,48,53)(H,49,54)(H,50,55)(H,51,59)(H3,44,46,57)(H2,45,47,58)/t32-,33-,34-,35-/m1/s1. The average Bonchev–Trinajstić information content (AvgIpc) is 3.19. The molecule has 2 aromatic rings. The number of alkyl carbamates (subject to hydrolysis) is 1. The van der Waals surface area contributed by atoms with Gasteiger partial charge in [-0.05, 0) is 76.3 Å². The first-order valence-corrected chi connectivity index (χ1v) is 20.7. The van der Waals surface area contributed by atoms with E-state index < -0.39 is 59.6 Å². The molecule has 1 saturated heterocycles. The fraction of sp³-hybridized carbons (Fsp3) is 0.558. The lowest BCUT2D eigenvalue weighted by molar-refractivity contribution is -0.138. The first kappa shape index (κ1) is 48.5. The van der Waals surface area contributed by atoms with E-state index in [0.717, 1.165) is 11.1 Å². The van der Waals surface area contributed by atoms with E-state index in [4.69, 9.17) is 10.5 Å². The number of nitrogens with two attached hydrogens (primary N) is 1. The summed E-state index contributed by atoms with van der Waals surface area (Å²) in [5, 5.41) is 19.2. The molecule has 1 aliphatic rings. The van der Waals surface area contributed by atoms with E-state index in [1.165, 1.54) is 7.05 Å². The first-order chi connectivity index (χ1) is 28.4. The molecule has 0 unspecified atom stereocenters. The van der Waals surface area contributed by atoms with Crippen LogP contribution in [0.1, 0.15) is 84.3 Å². The normalized spacial score (nSPS) is 15.0. The molecule has 330 valence electrons. The van der Waals surface area contributed by atoms with Gasteiger partial charge < -0.3 is 52.6 Å². The van der Waals surface area contributed by atoms with Crippen LogP contribution in [0.15, 0.2) is 60.7 Å². The zero-order valence-electron chi connectivity index (χ0n) is 35.8. The summed E-state index contributed by atoms with van der Waals surface area (Å²) in [5.41, 5.74) is 5.89. The molecule has 9 amide bonds. The van der Waals surface area contributed by atoms with Crippen LogP contribution in [0.4, 0.5) is 14.4 Å². The summed E-state index contributed by atoms with van der Waals surface area (Å²) >= 11 is 0. The number of benzene rings is 2. The molecule has 0 aliphatic carbocycles. The van der Waals surface area contributed by atoms with Gasteiger partial charge in [-0.15, -0.1) is 0 Å². The van der Waals surface area contributed by atoms with Crippen molar-refractivity contribution in [3.05, 3.63) is 71.8 Å². The highest BCUT2D eigenvalue weighted by atomic mass is 16.6. The maximum absolute atomic E-state index is 14.3. The van der Waals surface area contributed by atoms with Crippen molar-refractivity contribution in [1.82, 2.24) is 42.1 Å². The Morgan fingerprint density at radius 1 is 0.733 bits per heavy atom. The van der Waals surface area contributed by atoms with E-state index >= 15 is 0 Å². The fourth-order valence-corrected chi connectivity index (χ4v) is 6.75. The van der Waals surface area contributed by atoms with Gasteiger partial charge in [-0.3, -0.25) is 19.2 Å². The molecule has 0 radical (unpaired) electrons. The van der Waals surface area contributed by atoms with E-state index in [0.29, 0.717) is 45.3 Å². The molecule has 0 aromatic heterocycles. The van der Waals surface area contributed by atoms with Crippen molar-refractivity contribution in [2.45, 2.75) is 122 Å². The Labute approximate surface area is 353 Å². The summed E-state index contributed by atoms with van der Waals surface area (Å²) < 4.78 is 5.46. The van der Waals surface area contributed by atoms with Crippen molar-refractivity contribution in [1.29, 1.82) is 0 Å². The minimum absolute atomic E-state index is 0.0580. The van der Waals surface area contributed by atoms with Gasteiger partial charge in [0.2, 0.25) is 23.6 Å². The highest BCUT2D eigenvalue weighted by Gasteiger charge is 2.34. The Balaban J connectivity index is 1.85. The maximum Gasteiger partial charge on any atom is 0.408 e. The van der Waals surface area contributed by atoms with Gasteiger partial charge in [0, 0.05) is 45.6 Å². The quantitative estimate of drug-likeness (QED) is 0.0921. The third kappa shape index (κ3) is 18.0. The average molecular weight is 836 g/mol. The molecule has 1 aliphatic heterocycles. The van der Waals surface area contributed by atoms with Gasteiger partial charge in [-0.2, -0.15) is 0 Å². The fourth-order valence-electron chi connectivity index (χ4n) is 6.75. The van der Waals surface area contributed by atoms with Crippen LogP contribution in [0.2, 0.25) is 0 Å². The SMILES string of the molecule is CNC(=O)NC1CCN(C(=O)[C@@H](CCCCNC(N)=O)NC(=O)[C@@H](CC(C)C)NC(=O)[C@@H](Cc2ccccc2)NC(=O)[C@@H](Cc2ccccc2)NC(=O)OC(C)(C)C)CC1. The van der Waals surface area contributed by atoms with Crippen LogP contribution in [0, 0.1) is 5.92 Å². The van der Waals surface area contributed by atoms with Gasteiger partial charge in [0.25, 0.3) is 0 Å². The Morgan fingerprint density at radius 2 is 1.23 bits per heavy atom. The van der Waals surface area contributed by atoms with Gasteiger partial charge >= 0.3 is 18.2 Å². The molecular weight excluding hydrogens is 771 g/mol. The Hall–Kier alpha value is -5.87. The lowest BCUT2D eigenvalue weighted by Crippen LogP contribution is -2.59. The highest BCUT2D eigenvalue weighted by Crippen LogP contribution is 2.16. The summed E-state index contributed by atoms with van der Waals surface area (Å²) in [7, 11) is 1.53. The number of carbonyl (C=O) groups is 7. The number of likely N-dealkylation sites (tertiary alicyclic amines) is 1. The second kappa shape index (κ2) is 24.3. The highest BCUT2D eigenvalue weighted by molar-refractivity contribution is 5.95. The molecule has 0 bridgehead atoms. The number of primary amides is 1. The van der Waals surface area contributed by atoms with Gasteiger partial charge in [0.1, 0.15) is 29.8 Å². The summed E-state index contributed by atoms with van der Waals surface area (Å²) in [6.07, 6.45) is 1.90. The zero-order valence-corrected chi connectivity index (χ0v) is 35.8. The molecule has 4 atom stereocenters. The molecule has 0 spiro atoms. The van der Waals surface area contributed by atoms with Crippen molar-refractivity contribution in [3.8, 4) is 0 Å². The minimum atomic E-state index is -1.17. The van der Waals surface area contributed by atoms with Gasteiger partial charge in [-0.25, -0.2) is 14.4 Å². The number of carbonyl (C=O) groups excluding carboxylic acids is 7. The van der Waals surface area contributed by atoms with Crippen LogP contribution in [0.3, 0.4) is 0 Å². The van der Waals surface area contributed by atoms with Crippen LogP contribution in [0.5, 0.6) is 0 Å². The predicted octanol–water partition coefficient (Wildman–Crippen LogP) is 2.62. The molecule has 1 heterocycles. The molecule has 9 N–H and O–H groups in total. The molecule has 2 aromatic carbocycles. The second-order valence-electron chi connectivity index (χ2n) is 16.5. The Morgan fingerprint density at radius 3 is 1.73 bits per heavy atom. The smallest absolute Gasteiger partial charge is 0.408 e. The van der Waals surface area contributed by atoms with Gasteiger partial charge in [0.15, 0.2) is 0 Å². The Bertz CT molecular complexity index is 1710. The third-order valence-electron chi connectivity index (χ3n) is 9.75. The van der Waals surface area contributed by atoms with Crippen LogP contribution >= 0.6 is 0 Å². The number of ether oxygens (including phenoxy) is 1. The summed E-state index contributed by atoms with van der Waals surface area (Å²) in [6, 6.07) is 12.8. The second-order valence-corrected chi connectivity index (χ2v) is 16.5. The number of urea groups is 2. The monoisotopic (exact) mass is 835 g/mol. The number of piperidine rings is 1. The van der Waals surface area contributed by atoms with Crippen molar-refractivity contribution < 1.29 is 38.3 Å². The lowest BCUT2D eigenvalue weighted by atomic mass is 9.99. The molecule has 60 heavy (non-hydrogen) atoms. The number of nitrogens with zero attached hydrogens (tertiary/aromatic N) is 1. The molecule has 0 saturated carbocycles. The van der Waals surface area contributed by atoms with Crippen LogP contribution in [0.25, 0.3) is 0 Å². The predicted molar refractivity (Wildman–Crippen MR) is 227 cm³/mol. The van der Waals surface area contributed by atoms with E-state index in [-0.39, 0.29) is 49.6 Å². The first-order valence-electron chi connectivity index (χ1n) is 20.7. The number of nitrogens with one attached hydrogen (secondary N) is 7. The van der Waals surface area contributed by atoms with Gasteiger partial charge in [-0.1, -0.05) is 74.5 Å². The Kier molecular flexibility index (Phi) is 19.6. The van der Waals surface area contributed by atoms with Crippen LogP contribution < -0.4 is 43.0 Å². The van der Waals surface area contributed by atoms with Crippen LogP contribution in [-0.4, -0.2) is 109 Å². The summed E-state index contributed by atoms with van der Waals surface area (Å²) in [6.45, 7) is 9.96. The number of unbranched alkanes of at least 4 members (excludes halogenated alkanes) is 1. The molecule has 1 fully saturated rings. The minimum Gasteiger partial charge on any atom is -0.444 e. The van der Waals surface area contributed by atoms with Crippen molar-refractivity contribution in [2.75, 3.05) is 26.7 Å². The molecule has 17 nitrogen and oxygen atoms in total.